The minimum absolute atomic E-state index is 0.131. The van der Waals surface area contributed by atoms with Crippen LogP contribution in [0.15, 0.2) is 18.2 Å². The minimum atomic E-state index is -0.197. The van der Waals surface area contributed by atoms with Crippen LogP contribution in [-0.2, 0) is 11.3 Å². The van der Waals surface area contributed by atoms with Crippen LogP contribution in [0.4, 0.5) is 4.39 Å². The van der Waals surface area contributed by atoms with Crippen LogP contribution < -0.4 is 5.73 Å². The molecule has 0 amide bonds. The first-order chi connectivity index (χ1) is 8.09. The summed E-state index contributed by atoms with van der Waals surface area (Å²) in [6, 6.07) is 4.79. The highest BCUT2D eigenvalue weighted by Crippen LogP contribution is 2.27. The van der Waals surface area contributed by atoms with Gasteiger partial charge in [0.2, 0.25) is 0 Å². The van der Waals surface area contributed by atoms with Gasteiger partial charge in [-0.2, -0.15) is 0 Å². The summed E-state index contributed by atoms with van der Waals surface area (Å²) in [5.74, 6) is -0.197. The molecule has 94 valence electrons. The van der Waals surface area contributed by atoms with Gasteiger partial charge in [-0.3, -0.25) is 0 Å². The molecule has 2 N–H and O–H groups in total. The molecule has 0 aromatic heterocycles. The van der Waals surface area contributed by atoms with Crippen LogP contribution in [0.1, 0.15) is 36.8 Å². The highest BCUT2D eigenvalue weighted by atomic mass is 19.1. The van der Waals surface area contributed by atoms with Gasteiger partial charge in [-0.1, -0.05) is 18.9 Å². The van der Waals surface area contributed by atoms with Crippen molar-refractivity contribution in [1.29, 1.82) is 0 Å². The summed E-state index contributed by atoms with van der Waals surface area (Å²) in [6.07, 6.45) is 4.51. The Morgan fingerprint density at radius 1 is 1.35 bits per heavy atom. The average Bonchev–Trinajstić information content (AvgIpc) is 2.69. The Balaban J connectivity index is 1.85. The number of rotatable bonds is 4. The van der Waals surface area contributed by atoms with E-state index in [1.807, 2.05) is 6.92 Å². The molecule has 1 saturated carbocycles. The zero-order valence-electron chi connectivity index (χ0n) is 10.3. The molecule has 2 nitrogen and oxygen atoms in total. The van der Waals surface area contributed by atoms with Gasteiger partial charge in [0, 0.05) is 5.54 Å². The molecule has 1 fully saturated rings. The van der Waals surface area contributed by atoms with Gasteiger partial charge in [-0.05, 0) is 43.0 Å². The van der Waals surface area contributed by atoms with Crippen LogP contribution in [0, 0.1) is 12.7 Å². The van der Waals surface area contributed by atoms with E-state index in [1.165, 1.54) is 25.0 Å². The molecule has 1 aromatic carbocycles. The van der Waals surface area contributed by atoms with Crippen molar-refractivity contribution in [3.05, 3.63) is 35.1 Å². The second-order valence-corrected chi connectivity index (χ2v) is 5.13. The van der Waals surface area contributed by atoms with Crippen LogP contribution in [0.25, 0.3) is 0 Å². The normalized spacial score (nSPS) is 18.5. The number of hydrogen-bond donors (Lipinski definition) is 1. The van der Waals surface area contributed by atoms with Crippen LogP contribution in [0.5, 0.6) is 0 Å². The van der Waals surface area contributed by atoms with Gasteiger partial charge in [0.25, 0.3) is 0 Å². The average molecular weight is 237 g/mol. The lowest BCUT2D eigenvalue weighted by atomic mass is 10.0. The molecular formula is C14H20FNO. The molecular weight excluding hydrogens is 217 g/mol. The van der Waals surface area contributed by atoms with E-state index in [2.05, 4.69) is 0 Å². The standard InChI is InChI=1S/C14H20FNO/c1-11-8-13(15)5-4-12(11)9-17-10-14(16)6-2-3-7-14/h4-5,8H,2-3,6-7,9-10,16H2,1H3. The Kier molecular flexibility index (Phi) is 3.79. The van der Waals surface area contributed by atoms with E-state index >= 15 is 0 Å². The summed E-state index contributed by atoms with van der Waals surface area (Å²) in [7, 11) is 0. The molecule has 1 aliphatic rings. The van der Waals surface area contributed by atoms with E-state index in [0.29, 0.717) is 13.2 Å². The molecule has 0 aliphatic heterocycles. The summed E-state index contributed by atoms with van der Waals surface area (Å²) in [5.41, 5.74) is 8.04. The predicted octanol–water partition coefficient (Wildman–Crippen LogP) is 2.92. The predicted molar refractivity (Wildman–Crippen MR) is 66.2 cm³/mol. The molecule has 17 heavy (non-hydrogen) atoms. The van der Waals surface area contributed by atoms with Crippen molar-refractivity contribution < 1.29 is 9.13 Å². The summed E-state index contributed by atoms with van der Waals surface area (Å²) >= 11 is 0. The van der Waals surface area contributed by atoms with Crippen molar-refractivity contribution in [1.82, 2.24) is 0 Å². The highest BCUT2D eigenvalue weighted by molar-refractivity contribution is 5.25. The van der Waals surface area contributed by atoms with Crippen molar-refractivity contribution in [2.75, 3.05) is 6.61 Å². The van der Waals surface area contributed by atoms with Crippen LogP contribution in [0.3, 0.4) is 0 Å². The largest absolute Gasteiger partial charge is 0.375 e. The molecule has 0 heterocycles. The summed E-state index contributed by atoms with van der Waals surface area (Å²) < 4.78 is 18.6. The van der Waals surface area contributed by atoms with Gasteiger partial charge in [0.1, 0.15) is 5.82 Å². The quantitative estimate of drug-likeness (QED) is 0.873. The van der Waals surface area contributed by atoms with E-state index in [4.69, 9.17) is 10.5 Å². The molecule has 0 spiro atoms. The smallest absolute Gasteiger partial charge is 0.123 e. The second-order valence-electron chi connectivity index (χ2n) is 5.13. The van der Waals surface area contributed by atoms with Gasteiger partial charge in [-0.25, -0.2) is 4.39 Å². The molecule has 3 heteroatoms. The number of aryl methyl sites for hydroxylation is 1. The molecule has 0 saturated heterocycles. The van der Waals surface area contributed by atoms with Gasteiger partial charge in [-0.15, -0.1) is 0 Å². The van der Waals surface area contributed by atoms with Crippen LogP contribution in [-0.4, -0.2) is 12.1 Å². The van der Waals surface area contributed by atoms with Crippen molar-refractivity contribution in [3.63, 3.8) is 0 Å². The first-order valence-corrected chi connectivity index (χ1v) is 6.21. The molecule has 0 bridgehead atoms. The first-order valence-electron chi connectivity index (χ1n) is 6.21. The molecule has 0 radical (unpaired) electrons. The minimum Gasteiger partial charge on any atom is -0.375 e. The fourth-order valence-electron chi connectivity index (χ4n) is 2.41. The molecule has 1 aromatic rings. The Labute approximate surface area is 102 Å². The highest BCUT2D eigenvalue weighted by Gasteiger charge is 2.29. The lowest BCUT2D eigenvalue weighted by Crippen LogP contribution is -2.41. The zero-order valence-corrected chi connectivity index (χ0v) is 10.3. The topological polar surface area (TPSA) is 35.2 Å². The van der Waals surface area contributed by atoms with Crippen molar-refractivity contribution >= 4 is 0 Å². The third-order valence-electron chi connectivity index (χ3n) is 3.55. The second kappa shape index (κ2) is 5.15. The van der Waals surface area contributed by atoms with Crippen molar-refractivity contribution in [2.45, 2.75) is 44.8 Å². The van der Waals surface area contributed by atoms with E-state index < -0.39 is 0 Å². The summed E-state index contributed by atoms with van der Waals surface area (Å²) in [5, 5.41) is 0. The SMILES string of the molecule is Cc1cc(F)ccc1COCC1(N)CCCC1. The first kappa shape index (κ1) is 12.5. The molecule has 1 aliphatic carbocycles. The number of halogens is 1. The number of nitrogens with two attached hydrogens (primary N) is 1. The lowest BCUT2D eigenvalue weighted by molar-refractivity contribution is 0.0748. The van der Waals surface area contributed by atoms with Crippen molar-refractivity contribution in [3.8, 4) is 0 Å². The van der Waals surface area contributed by atoms with E-state index in [1.54, 1.807) is 6.07 Å². The Hall–Kier alpha value is -0.930. The van der Waals surface area contributed by atoms with E-state index in [-0.39, 0.29) is 11.4 Å². The maximum atomic E-state index is 12.9. The third kappa shape index (κ3) is 3.27. The van der Waals surface area contributed by atoms with Crippen molar-refractivity contribution in [2.24, 2.45) is 5.73 Å². The van der Waals surface area contributed by atoms with E-state index in [9.17, 15) is 4.39 Å². The molecule has 0 unspecified atom stereocenters. The monoisotopic (exact) mass is 237 g/mol. The number of benzene rings is 1. The maximum absolute atomic E-state index is 12.9. The number of ether oxygens (including phenoxy) is 1. The number of hydrogen-bond acceptors (Lipinski definition) is 2. The van der Waals surface area contributed by atoms with Gasteiger partial charge < -0.3 is 10.5 Å². The molecule has 0 atom stereocenters. The third-order valence-corrected chi connectivity index (χ3v) is 3.55. The molecule has 2 rings (SSSR count). The Bertz CT molecular complexity index is 386. The zero-order chi connectivity index (χ0) is 12.3. The van der Waals surface area contributed by atoms with Crippen LogP contribution >= 0.6 is 0 Å². The fourth-order valence-corrected chi connectivity index (χ4v) is 2.41. The van der Waals surface area contributed by atoms with Crippen LogP contribution in [0.2, 0.25) is 0 Å². The Morgan fingerprint density at radius 3 is 2.71 bits per heavy atom. The summed E-state index contributed by atoms with van der Waals surface area (Å²) in [6.45, 7) is 3.02. The fraction of sp³-hybridized carbons (Fsp3) is 0.571. The van der Waals surface area contributed by atoms with Gasteiger partial charge in [0.15, 0.2) is 0 Å². The van der Waals surface area contributed by atoms with Gasteiger partial charge >= 0.3 is 0 Å². The summed E-state index contributed by atoms with van der Waals surface area (Å²) in [4.78, 5) is 0. The Morgan fingerprint density at radius 2 is 2.06 bits per heavy atom. The van der Waals surface area contributed by atoms with Gasteiger partial charge in [0.05, 0.1) is 13.2 Å². The maximum Gasteiger partial charge on any atom is 0.123 e. The van der Waals surface area contributed by atoms with E-state index in [0.717, 1.165) is 24.0 Å². The lowest BCUT2D eigenvalue weighted by Gasteiger charge is -2.23.